The summed E-state index contributed by atoms with van der Waals surface area (Å²) >= 11 is 6.66. The van der Waals surface area contributed by atoms with Gasteiger partial charge in [0, 0.05) is 18.7 Å². The molecule has 0 radical (unpaired) electrons. The Morgan fingerprint density at radius 2 is 1.89 bits per heavy atom. The molecule has 9 heteroatoms. The van der Waals surface area contributed by atoms with Gasteiger partial charge in [-0.3, -0.25) is 9.48 Å². The number of rotatable bonds is 8. The lowest BCUT2D eigenvalue weighted by atomic mass is 9.83. The Kier molecular flexibility index (Phi) is 8.45. The Balaban J connectivity index is 1.86. The van der Waals surface area contributed by atoms with Crippen molar-refractivity contribution in [3.63, 3.8) is 0 Å². The molecule has 1 aromatic heterocycles. The summed E-state index contributed by atoms with van der Waals surface area (Å²) < 4.78 is 47.3. The van der Waals surface area contributed by atoms with E-state index < -0.39 is 11.6 Å². The molecule has 1 aliphatic rings. The van der Waals surface area contributed by atoms with Crippen LogP contribution in [0.15, 0.2) is 18.2 Å². The molecule has 1 aromatic carbocycles. The van der Waals surface area contributed by atoms with Crippen LogP contribution in [0.25, 0.3) is 11.3 Å². The monoisotopic (exact) mass is 513 g/mol. The molecular weight excluding hydrogens is 479 g/mol. The van der Waals surface area contributed by atoms with Gasteiger partial charge in [-0.2, -0.15) is 18.3 Å². The number of hydrogen-bond donors (Lipinski definition) is 1. The molecule has 0 unspecified atom stereocenters. The van der Waals surface area contributed by atoms with Crippen molar-refractivity contribution >= 4 is 17.5 Å². The number of aromatic nitrogens is 2. The predicted molar refractivity (Wildman–Crippen MR) is 132 cm³/mol. The van der Waals surface area contributed by atoms with Gasteiger partial charge in [-0.25, -0.2) is 0 Å². The van der Waals surface area contributed by atoms with Crippen LogP contribution in [0.4, 0.5) is 13.2 Å². The fourth-order valence-electron chi connectivity index (χ4n) is 4.58. The second-order valence-corrected chi connectivity index (χ2v) is 10.6. The molecule has 3 rings (SSSR count). The van der Waals surface area contributed by atoms with Crippen molar-refractivity contribution in [2.75, 3.05) is 13.7 Å². The second-order valence-electron chi connectivity index (χ2n) is 10.3. The van der Waals surface area contributed by atoms with Gasteiger partial charge in [0.1, 0.15) is 5.75 Å². The molecule has 5 nitrogen and oxygen atoms in total. The third-order valence-corrected chi connectivity index (χ3v) is 7.39. The summed E-state index contributed by atoms with van der Waals surface area (Å²) in [4.78, 5) is 12.9. The van der Waals surface area contributed by atoms with E-state index in [1.54, 1.807) is 22.9 Å². The summed E-state index contributed by atoms with van der Waals surface area (Å²) in [6.45, 7) is 7.53. The first-order valence-corrected chi connectivity index (χ1v) is 12.5. The second kappa shape index (κ2) is 10.8. The van der Waals surface area contributed by atoms with Crippen LogP contribution in [-0.4, -0.2) is 35.5 Å². The van der Waals surface area contributed by atoms with E-state index in [4.69, 9.17) is 16.3 Å². The van der Waals surface area contributed by atoms with E-state index in [9.17, 15) is 18.0 Å². The third kappa shape index (κ3) is 6.13. The van der Waals surface area contributed by atoms with Gasteiger partial charge in [-0.1, -0.05) is 51.3 Å². The number of aryl methyl sites for hydroxylation is 1. The van der Waals surface area contributed by atoms with Gasteiger partial charge in [0.15, 0.2) is 5.69 Å². The fraction of sp³-hybridized carbons (Fsp3) is 0.615. The molecular formula is C26H35ClF3N3O2. The van der Waals surface area contributed by atoms with Crippen molar-refractivity contribution in [1.82, 2.24) is 15.1 Å². The van der Waals surface area contributed by atoms with Crippen molar-refractivity contribution in [2.24, 2.45) is 17.3 Å². The Morgan fingerprint density at radius 3 is 2.46 bits per heavy atom. The molecule has 194 valence electrons. The summed E-state index contributed by atoms with van der Waals surface area (Å²) in [5, 5.41) is 7.62. The molecule has 0 spiro atoms. The van der Waals surface area contributed by atoms with Crippen LogP contribution in [0.5, 0.6) is 5.75 Å². The highest BCUT2D eigenvalue weighted by molar-refractivity contribution is 6.36. The zero-order valence-electron chi connectivity index (χ0n) is 21.1. The smallest absolute Gasteiger partial charge is 0.394 e. The van der Waals surface area contributed by atoms with Crippen LogP contribution < -0.4 is 10.1 Å². The van der Waals surface area contributed by atoms with Crippen LogP contribution in [0.1, 0.15) is 69.4 Å². The lowest BCUT2D eigenvalue weighted by Gasteiger charge is -2.28. The first-order chi connectivity index (χ1) is 16.4. The van der Waals surface area contributed by atoms with Crippen molar-refractivity contribution in [3.8, 4) is 17.0 Å². The Morgan fingerprint density at radius 1 is 1.23 bits per heavy atom. The van der Waals surface area contributed by atoms with Crippen molar-refractivity contribution < 1.29 is 22.7 Å². The van der Waals surface area contributed by atoms with E-state index in [2.05, 4.69) is 17.3 Å². The standard InChI is InChI=1S/C26H35ClF3N3O2/c1-6-33-23(19-12-11-18(13-20(19)35-5)14-25(3,4)26(28,29)30)21(27)22(32-33)24(34)31-15-17-9-7-16(2)8-10-17/h11-13,16-17H,6-10,14-15H2,1-5H3,(H,31,34). The van der Waals surface area contributed by atoms with Crippen LogP contribution in [0.2, 0.25) is 5.02 Å². The largest absolute Gasteiger partial charge is 0.496 e. The number of carbonyl (C=O) groups excluding carboxylic acids is 1. The quantitative estimate of drug-likeness (QED) is 0.417. The van der Waals surface area contributed by atoms with Crippen molar-refractivity contribution in [1.29, 1.82) is 0 Å². The first-order valence-electron chi connectivity index (χ1n) is 12.2. The normalized spacial score (nSPS) is 19.0. The number of ether oxygens (including phenoxy) is 1. The highest BCUT2D eigenvalue weighted by atomic mass is 35.5. The molecule has 0 bridgehead atoms. The van der Waals surface area contributed by atoms with Crippen LogP contribution >= 0.6 is 11.6 Å². The minimum atomic E-state index is -4.33. The van der Waals surface area contributed by atoms with Gasteiger partial charge in [0.25, 0.3) is 5.91 Å². The summed E-state index contributed by atoms with van der Waals surface area (Å²) in [6, 6.07) is 4.91. The number of nitrogens with one attached hydrogen (secondary N) is 1. The average molecular weight is 514 g/mol. The molecule has 2 aromatic rings. The number of benzene rings is 1. The van der Waals surface area contributed by atoms with Gasteiger partial charge in [0.2, 0.25) is 0 Å². The molecule has 1 fully saturated rings. The topological polar surface area (TPSA) is 56.2 Å². The maximum atomic E-state index is 13.4. The third-order valence-electron chi connectivity index (χ3n) is 7.03. The van der Waals surface area contributed by atoms with Crippen LogP contribution in [0.3, 0.4) is 0 Å². The molecule has 0 aliphatic heterocycles. The molecule has 1 aliphatic carbocycles. The van der Waals surface area contributed by atoms with Crippen LogP contribution in [0, 0.1) is 17.3 Å². The number of halogens is 4. The molecule has 0 atom stereocenters. The van der Waals surface area contributed by atoms with Gasteiger partial charge in [-0.15, -0.1) is 0 Å². The number of carbonyl (C=O) groups is 1. The highest BCUT2D eigenvalue weighted by Crippen LogP contribution is 2.42. The van der Waals surface area contributed by atoms with E-state index in [1.807, 2.05) is 6.92 Å². The molecule has 0 saturated heterocycles. The van der Waals surface area contributed by atoms with Gasteiger partial charge >= 0.3 is 6.18 Å². The van der Waals surface area contributed by atoms with Crippen molar-refractivity contribution in [2.45, 2.75) is 72.5 Å². The maximum absolute atomic E-state index is 13.4. The first kappa shape index (κ1) is 27.4. The molecule has 1 N–H and O–H groups in total. The predicted octanol–water partition coefficient (Wildman–Crippen LogP) is 6.92. The zero-order valence-corrected chi connectivity index (χ0v) is 21.8. The summed E-state index contributed by atoms with van der Waals surface area (Å²) in [7, 11) is 1.46. The molecule has 35 heavy (non-hydrogen) atoms. The van der Waals surface area contributed by atoms with Crippen molar-refractivity contribution in [3.05, 3.63) is 34.5 Å². The molecule has 1 amide bonds. The Labute approximate surface area is 210 Å². The number of hydrogen-bond acceptors (Lipinski definition) is 3. The fourth-order valence-corrected chi connectivity index (χ4v) is 4.90. The number of amides is 1. The lowest BCUT2D eigenvalue weighted by molar-refractivity contribution is -0.211. The SMILES string of the molecule is CCn1nc(C(=O)NCC2CCC(C)CC2)c(Cl)c1-c1ccc(CC(C)(C)C(F)(F)F)cc1OC. The Hall–Kier alpha value is -2.22. The lowest BCUT2D eigenvalue weighted by Crippen LogP contribution is -2.34. The van der Waals surface area contributed by atoms with Gasteiger partial charge in [-0.05, 0) is 55.7 Å². The van der Waals surface area contributed by atoms with Crippen LogP contribution in [-0.2, 0) is 13.0 Å². The van der Waals surface area contributed by atoms with Gasteiger partial charge in [0.05, 0.1) is 23.2 Å². The van der Waals surface area contributed by atoms with E-state index in [-0.39, 0.29) is 23.0 Å². The average Bonchev–Trinajstić information content (AvgIpc) is 3.13. The number of methoxy groups -OCH3 is 1. The van der Waals surface area contributed by atoms with Gasteiger partial charge < -0.3 is 10.1 Å². The highest BCUT2D eigenvalue weighted by Gasteiger charge is 2.47. The number of nitrogens with zero attached hydrogens (tertiary/aromatic N) is 2. The minimum absolute atomic E-state index is 0.136. The molecule has 1 heterocycles. The minimum Gasteiger partial charge on any atom is -0.496 e. The number of alkyl halides is 3. The summed E-state index contributed by atoms with van der Waals surface area (Å²) in [5.74, 6) is 1.24. The van der Waals surface area contributed by atoms with E-state index in [0.717, 1.165) is 18.8 Å². The summed E-state index contributed by atoms with van der Waals surface area (Å²) in [6.07, 6.45) is 0.0113. The zero-order chi connectivity index (χ0) is 26.0. The van der Waals surface area contributed by atoms with E-state index >= 15 is 0 Å². The summed E-state index contributed by atoms with van der Waals surface area (Å²) in [5.41, 5.74) is -0.183. The van der Waals surface area contributed by atoms with E-state index in [1.165, 1.54) is 33.8 Å². The Bertz CT molecular complexity index is 1040. The molecule has 1 saturated carbocycles. The maximum Gasteiger partial charge on any atom is 0.394 e. The van der Waals surface area contributed by atoms with E-state index in [0.29, 0.717) is 41.6 Å².